The number of Topliss-reactive ketones (excluding diaryl/α,β-unsaturated/α-hetero) is 1. The van der Waals surface area contributed by atoms with Crippen molar-refractivity contribution in [1.29, 1.82) is 0 Å². The Morgan fingerprint density at radius 1 is 1.42 bits per heavy atom. The summed E-state index contributed by atoms with van der Waals surface area (Å²) < 4.78 is 5.09. The lowest BCUT2D eigenvalue weighted by Gasteiger charge is -2.33. The molecular formula is C15H29NO3. The van der Waals surface area contributed by atoms with Crippen LogP contribution in [0.2, 0.25) is 0 Å². The summed E-state index contributed by atoms with van der Waals surface area (Å²) in [4.78, 5) is 14.2. The lowest BCUT2D eigenvalue weighted by atomic mass is 9.75. The lowest BCUT2D eigenvalue weighted by molar-refractivity contribution is -0.126. The monoisotopic (exact) mass is 271 g/mol. The number of aliphatic hydroxyl groups is 1. The summed E-state index contributed by atoms with van der Waals surface area (Å²) in [6, 6.07) is 0. The fraction of sp³-hybridized carbons (Fsp3) is 0.933. The van der Waals surface area contributed by atoms with Gasteiger partial charge in [0.1, 0.15) is 5.78 Å². The van der Waals surface area contributed by atoms with Gasteiger partial charge in [-0.3, -0.25) is 9.69 Å². The average Bonchev–Trinajstić information content (AvgIpc) is 2.38. The topological polar surface area (TPSA) is 49.8 Å². The second kappa shape index (κ2) is 8.67. The van der Waals surface area contributed by atoms with Crippen LogP contribution < -0.4 is 0 Å². The Hall–Kier alpha value is -0.450. The lowest BCUT2D eigenvalue weighted by Crippen LogP contribution is -2.40. The molecule has 1 N–H and O–H groups in total. The maximum atomic E-state index is 12.1. The first-order valence-corrected chi connectivity index (χ1v) is 7.43. The molecule has 0 radical (unpaired) electrons. The van der Waals surface area contributed by atoms with Crippen molar-refractivity contribution in [2.24, 2.45) is 17.8 Å². The number of nitrogens with zero attached hydrogens (tertiary/aromatic N) is 1. The molecular weight excluding hydrogens is 242 g/mol. The zero-order valence-corrected chi connectivity index (χ0v) is 12.6. The molecule has 1 fully saturated rings. The molecule has 0 aromatic carbocycles. The van der Waals surface area contributed by atoms with Crippen LogP contribution in [0.15, 0.2) is 0 Å². The van der Waals surface area contributed by atoms with E-state index in [2.05, 4.69) is 18.7 Å². The number of hydrogen-bond acceptors (Lipinski definition) is 4. The van der Waals surface area contributed by atoms with Crippen LogP contribution >= 0.6 is 0 Å². The smallest absolute Gasteiger partial charge is 0.137 e. The summed E-state index contributed by atoms with van der Waals surface area (Å²) in [5, 5.41) is 9.10. The molecule has 0 aliphatic heterocycles. The highest BCUT2D eigenvalue weighted by Gasteiger charge is 2.31. The molecule has 1 aliphatic carbocycles. The Morgan fingerprint density at radius 3 is 2.74 bits per heavy atom. The second-order valence-electron chi connectivity index (χ2n) is 5.96. The minimum atomic E-state index is 0.137. The molecule has 0 aromatic heterocycles. The predicted octanol–water partition coefficient (Wildman–Crippen LogP) is 1.57. The van der Waals surface area contributed by atoms with Gasteiger partial charge < -0.3 is 9.84 Å². The van der Waals surface area contributed by atoms with Crippen LogP contribution in [0.3, 0.4) is 0 Å². The normalized spacial score (nSPS) is 24.4. The fourth-order valence-electron chi connectivity index (χ4n) is 2.90. The van der Waals surface area contributed by atoms with Crippen molar-refractivity contribution in [3.8, 4) is 0 Å². The molecule has 0 aromatic rings. The third-order valence-corrected chi connectivity index (χ3v) is 4.25. The maximum Gasteiger partial charge on any atom is 0.137 e. The van der Waals surface area contributed by atoms with Gasteiger partial charge in [0.15, 0.2) is 0 Å². The zero-order valence-electron chi connectivity index (χ0n) is 12.6. The standard InChI is InChI=1S/C15H29NO3/c1-12(2)13-4-5-15(18)14(10-13)11-16(6-8-17)7-9-19-3/h12-14,17H,4-11H2,1-3H3. The van der Waals surface area contributed by atoms with Crippen LogP contribution in [-0.4, -0.2) is 55.7 Å². The van der Waals surface area contributed by atoms with Gasteiger partial charge in [-0.2, -0.15) is 0 Å². The molecule has 0 saturated heterocycles. The molecule has 1 rings (SSSR count). The highest BCUT2D eigenvalue weighted by Crippen LogP contribution is 2.32. The van der Waals surface area contributed by atoms with Crippen molar-refractivity contribution in [3.05, 3.63) is 0 Å². The van der Waals surface area contributed by atoms with Gasteiger partial charge in [0.2, 0.25) is 0 Å². The van der Waals surface area contributed by atoms with E-state index >= 15 is 0 Å². The second-order valence-corrected chi connectivity index (χ2v) is 5.96. The van der Waals surface area contributed by atoms with E-state index < -0.39 is 0 Å². The highest BCUT2D eigenvalue weighted by atomic mass is 16.5. The molecule has 1 saturated carbocycles. The van der Waals surface area contributed by atoms with Gasteiger partial charge >= 0.3 is 0 Å². The molecule has 1 aliphatic rings. The summed E-state index contributed by atoms with van der Waals surface area (Å²) in [5.41, 5.74) is 0. The van der Waals surface area contributed by atoms with Gasteiger partial charge in [-0.15, -0.1) is 0 Å². The van der Waals surface area contributed by atoms with E-state index in [0.717, 1.165) is 32.4 Å². The van der Waals surface area contributed by atoms with Gasteiger partial charge in [0.25, 0.3) is 0 Å². The van der Waals surface area contributed by atoms with Crippen molar-refractivity contribution >= 4 is 5.78 Å². The van der Waals surface area contributed by atoms with Crippen molar-refractivity contribution in [3.63, 3.8) is 0 Å². The molecule has 4 heteroatoms. The van der Waals surface area contributed by atoms with Crippen molar-refractivity contribution in [2.45, 2.75) is 33.1 Å². The van der Waals surface area contributed by atoms with E-state index in [1.807, 2.05) is 0 Å². The number of carbonyl (C=O) groups excluding carboxylic acids is 1. The van der Waals surface area contributed by atoms with E-state index in [9.17, 15) is 4.79 Å². The largest absolute Gasteiger partial charge is 0.395 e. The number of methoxy groups -OCH3 is 1. The van der Waals surface area contributed by atoms with Gasteiger partial charge in [0, 0.05) is 39.1 Å². The van der Waals surface area contributed by atoms with Crippen LogP contribution in [0.1, 0.15) is 33.1 Å². The number of ketones is 1. The van der Waals surface area contributed by atoms with Crippen molar-refractivity contribution in [2.75, 3.05) is 40.0 Å². The summed E-state index contributed by atoms with van der Waals surface area (Å²) in [5.74, 6) is 1.86. The van der Waals surface area contributed by atoms with E-state index in [0.29, 0.717) is 30.8 Å². The highest BCUT2D eigenvalue weighted by molar-refractivity contribution is 5.82. The summed E-state index contributed by atoms with van der Waals surface area (Å²) >= 11 is 0. The van der Waals surface area contributed by atoms with E-state index in [1.54, 1.807) is 7.11 Å². The van der Waals surface area contributed by atoms with Gasteiger partial charge in [-0.05, 0) is 24.7 Å². The van der Waals surface area contributed by atoms with Gasteiger partial charge in [-0.1, -0.05) is 13.8 Å². The molecule has 0 amide bonds. The molecule has 4 nitrogen and oxygen atoms in total. The van der Waals surface area contributed by atoms with Crippen LogP contribution in [0.25, 0.3) is 0 Å². The molecule has 2 unspecified atom stereocenters. The molecule has 0 spiro atoms. The summed E-state index contributed by atoms with van der Waals surface area (Å²) in [6.45, 7) is 7.45. The van der Waals surface area contributed by atoms with Crippen molar-refractivity contribution < 1.29 is 14.6 Å². The maximum absolute atomic E-state index is 12.1. The van der Waals surface area contributed by atoms with Crippen molar-refractivity contribution in [1.82, 2.24) is 4.90 Å². The summed E-state index contributed by atoms with van der Waals surface area (Å²) in [6.07, 6.45) is 2.78. The molecule has 0 bridgehead atoms. The quantitative estimate of drug-likeness (QED) is 0.728. The zero-order chi connectivity index (χ0) is 14.3. The first kappa shape index (κ1) is 16.6. The number of carbonyl (C=O) groups is 1. The number of hydrogen-bond donors (Lipinski definition) is 1. The van der Waals surface area contributed by atoms with Crippen LogP contribution in [0, 0.1) is 17.8 Å². The predicted molar refractivity (Wildman–Crippen MR) is 76.1 cm³/mol. The third-order valence-electron chi connectivity index (χ3n) is 4.25. The van der Waals surface area contributed by atoms with E-state index in [4.69, 9.17) is 9.84 Å². The third kappa shape index (κ3) is 5.59. The first-order valence-electron chi connectivity index (χ1n) is 7.43. The minimum Gasteiger partial charge on any atom is -0.395 e. The molecule has 112 valence electrons. The van der Waals surface area contributed by atoms with Crippen LogP contribution in [0.4, 0.5) is 0 Å². The van der Waals surface area contributed by atoms with Gasteiger partial charge in [-0.25, -0.2) is 0 Å². The molecule has 0 heterocycles. The number of ether oxygens (including phenoxy) is 1. The Bertz CT molecular complexity index is 268. The Kier molecular flexibility index (Phi) is 7.57. The Balaban J connectivity index is 2.51. The number of aliphatic hydroxyl groups excluding tert-OH is 1. The average molecular weight is 271 g/mol. The molecule has 19 heavy (non-hydrogen) atoms. The Morgan fingerprint density at radius 2 is 2.16 bits per heavy atom. The van der Waals surface area contributed by atoms with Crippen LogP contribution in [0.5, 0.6) is 0 Å². The van der Waals surface area contributed by atoms with E-state index in [-0.39, 0.29) is 12.5 Å². The number of rotatable bonds is 8. The summed E-state index contributed by atoms with van der Waals surface area (Å²) in [7, 11) is 1.68. The van der Waals surface area contributed by atoms with E-state index in [1.165, 1.54) is 0 Å². The SMILES string of the molecule is COCCN(CCO)CC1CC(C(C)C)CCC1=O. The van der Waals surface area contributed by atoms with Gasteiger partial charge in [0.05, 0.1) is 13.2 Å². The first-order chi connectivity index (χ1) is 9.08. The fourth-order valence-corrected chi connectivity index (χ4v) is 2.90. The Labute approximate surface area is 117 Å². The minimum absolute atomic E-state index is 0.137. The van der Waals surface area contributed by atoms with Crippen LogP contribution in [-0.2, 0) is 9.53 Å². The molecule has 2 atom stereocenters.